The lowest BCUT2D eigenvalue weighted by Gasteiger charge is -1.98. The second-order valence-corrected chi connectivity index (χ2v) is 3.73. The standard InChI is InChI=1S/C10H16N2OS/c1-3-4-10(7-8-11)6-5-9(2)14(12)13/h3-6H,1-2,7-8,11-12H2/b6-5-,10-4+. The highest BCUT2D eigenvalue weighted by Crippen LogP contribution is 2.05. The van der Waals surface area contributed by atoms with Crippen LogP contribution in [0.5, 0.6) is 0 Å². The molecule has 0 aliphatic rings. The molecule has 0 amide bonds. The van der Waals surface area contributed by atoms with Gasteiger partial charge in [0.2, 0.25) is 0 Å². The fourth-order valence-electron chi connectivity index (χ4n) is 0.807. The van der Waals surface area contributed by atoms with E-state index in [2.05, 4.69) is 13.2 Å². The zero-order valence-electron chi connectivity index (χ0n) is 8.11. The summed E-state index contributed by atoms with van der Waals surface area (Å²) in [5.41, 5.74) is 6.42. The highest BCUT2D eigenvalue weighted by Gasteiger charge is 1.94. The van der Waals surface area contributed by atoms with Crippen LogP contribution in [0.15, 0.2) is 47.9 Å². The quantitative estimate of drug-likeness (QED) is 0.648. The van der Waals surface area contributed by atoms with Crippen molar-refractivity contribution in [2.45, 2.75) is 6.42 Å². The molecule has 0 saturated carbocycles. The third-order valence-electron chi connectivity index (χ3n) is 1.51. The zero-order valence-corrected chi connectivity index (χ0v) is 8.93. The van der Waals surface area contributed by atoms with E-state index in [4.69, 9.17) is 10.9 Å². The molecule has 0 saturated heterocycles. The average molecular weight is 212 g/mol. The summed E-state index contributed by atoms with van der Waals surface area (Å²) in [4.78, 5) is 0.386. The van der Waals surface area contributed by atoms with Crippen molar-refractivity contribution in [3.8, 4) is 0 Å². The Morgan fingerprint density at radius 2 is 2.07 bits per heavy atom. The van der Waals surface area contributed by atoms with Crippen molar-refractivity contribution in [3.63, 3.8) is 0 Å². The predicted octanol–water partition coefficient (Wildman–Crippen LogP) is 1.14. The van der Waals surface area contributed by atoms with Crippen LogP contribution in [0.1, 0.15) is 6.42 Å². The molecular formula is C10H16N2OS. The predicted molar refractivity (Wildman–Crippen MR) is 62.6 cm³/mol. The van der Waals surface area contributed by atoms with Gasteiger partial charge in [0.05, 0.1) is 0 Å². The molecule has 0 spiro atoms. The summed E-state index contributed by atoms with van der Waals surface area (Å²) in [6.07, 6.45) is 7.68. The Hall–Kier alpha value is -0.970. The normalized spacial score (nSPS) is 14.3. The lowest BCUT2D eigenvalue weighted by atomic mass is 10.1. The molecule has 3 nitrogen and oxygen atoms in total. The fraction of sp³-hybridized carbons (Fsp3) is 0.200. The van der Waals surface area contributed by atoms with Gasteiger partial charge >= 0.3 is 0 Å². The molecular weight excluding hydrogens is 196 g/mol. The molecule has 0 bridgehead atoms. The van der Waals surface area contributed by atoms with E-state index in [0.29, 0.717) is 11.4 Å². The van der Waals surface area contributed by atoms with Crippen LogP contribution in [-0.2, 0) is 11.0 Å². The molecule has 0 aromatic heterocycles. The Kier molecular flexibility index (Phi) is 6.92. The van der Waals surface area contributed by atoms with E-state index in [1.807, 2.05) is 6.08 Å². The first kappa shape index (κ1) is 13.0. The van der Waals surface area contributed by atoms with Gasteiger partial charge in [0.15, 0.2) is 0 Å². The second-order valence-electron chi connectivity index (χ2n) is 2.61. The van der Waals surface area contributed by atoms with Crippen molar-refractivity contribution in [1.29, 1.82) is 0 Å². The van der Waals surface area contributed by atoms with Crippen molar-refractivity contribution in [2.75, 3.05) is 6.54 Å². The van der Waals surface area contributed by atoms with Gasteiger partial charge in [-0.15, -0.1) is 0 Å². The minimum atomic E-state index is -1.50. The Morgan fingerprint density at radius 1 is 1.43 bits per heavy atom. The fourth-order valence-corrected chi connectivity index (χ4v) is 1.01. The lowest BCUT2D eigenvalue weighted by molar-refractivity contribution is 0.688. The summed E-state index contributed by atoms with van der Waals surface area (Å²) in [7, 11) is -1.50. The molecule has 14 heavy (non-hydrogen) atoms. The van der Waals surface area contributed by atoms with E-state index in [-0.39, 0.29) is 0 Å². The maximum atomic E-state index is 10.7. The third kappa shape index (κ3) is 5.64. The maximum Gasteiger partial charge on any atom is 0.121 e. The molecule has 78 valence electrons. The van der Waals surface area contributed by atoms with E-state index in [9.17, 15) is 4.21 Å². The maximum absolute atomic E-state index is 10.7. The van der Waals surface area contributed by atoms with Crippen molar-refractivity contribution in [3.05, 3.63) is 47.9 Å². The van der Waals surface area contributed by atoms with Crippen LogP contribution in [0.25, 0.3) is 0 Å². The summed E-state index contributed by atoms with van der Waals surface area (Å²) in [5.74, 6) is 0. The van der Waals surface area contributed by atoms with E-state index < -0.39 is 11.0 Å². The Bertz CT molecular complexity index is 292. The largest absolute Gasteiger partial charge is 0.330 e. The molecule has 1 unspecified atom stereocenters. The molecule has 0 radical (unpaired) electrons. The zero-order chi connectivity index (χ0) is 11.0. The highest BCUT2D eigenvalue weighted by atomic mass is 32.2. The molecule has 4 N–H and O–H groups in total. The lowest BCUT2D eigenvalue weighted by Crippen LogP contribution is -2.03. The second kappa shape index (κ2) is 7.44. The van der Waals surface area contributed by atoms with Crippen LogP contribution in [0.4, 0.5) is 0 Å². The summed E-state index contributed by atoms with van der Waals surface area (Å²) in [6, 6.07) is 0. The minimum absolute atomic E-state index is 0.386. The molecule has 1 atom stereocenters. The van der Waals surface area contributed by atoms with Crippen LogP contribution < -0.4 is 10.9 Å². The monoisotopic (exact) mass is 212 g/mol. The average Bonchev–Trinajstić information content (AvgIpc) is 2.14. The van der Waals surface area contributed by atoms with Crippen LogP contribution in [-0.4, -0.2) is 10.8 Å². The van der Waals surface area contributed by atoms with Gasteiger partial charge in [0.1, 0.15) is 11.0 Å². The van der Waals surface area contributed by atoms with Gasteiger partial charge in [-0.1, -0.05) is 31.4 Å². The summed E-state index contributed by atoms with van der Waals surface area (Å²) >= 11 is 0. The van der Waals surface area contributed by atoms with E-state index in [1.165, 1.54) is 0 Å². The molecule has 0 fully saturated rings. The smallest absolute Gasteiger partial charge is 0.121 e. The molecule has 4 heteroatoms. The summed E-state index contributed by atoms with van der Waals surface area (Å²) in [5, 5.41) is 5.13. The number of hydrogen-bond donors (Lipinski definition) is 2. The van der Waals surface area contributed by atoms with E-state index in [0.717, 1.165) is 12.0 Å². The number of nitrogens with two attached hydrogens (primary N) is 2. The topological polar surface area (TPSA) is 69.1 Å². The van der Waals surface area contributed by atoms with Gasteiger partial charge in [-0.2, -0.15) is 0 Å². The Labute approximate surface area is 87.5 Å². The minimum Gasteiger partial charge on any atom is -0.330 e. The van der Waals surface area contributed by atoms with Crippen LogP contribution in [0.2, 0.25) is 0 Å². The van der Waals surface area contributed by atoms with Gasteiger partial charge in [-0.25, -0.2) is 9.35 Å². The van der Waals surface area contributed by atoms with Gasteiger partial charge in [0.25, 0.3) is 0 Å². The molecule has 0 heterocycles. The molecule has 0 aliphatic carbocycles. The van der Waals surface area contributed by atoms with Crippen molar-refractivity contribution >= 4 is 11.0 Å². The van der Waals surface area contributed by atoms with Crippen LogP contribution >= 0.6 is 0 Å². The molecule has 0 aromatic rings. The molecule has 0 aromatic carbocycles. The molecule has 0 rings (SSSR count). The van der Waals surface area contributed by atoms with Crippen molar-refractivity contribution in [2.24, 2.45) is 10.9 Å². The van der Waals surface area contributed by atoms with Crippen molar-refractivity contribution < 1.29 is 4.21 Å². The summed E-state index contributed by atoms with van der Waals surface area (Å²) in [6.45, 7) is 7.69. The van der Waals surface area contributed by atoms with Crippen LogP contribution in [0, 0.1) is 0 Å². The number of allylic oxidation sites excluding steroid dienone is 4. The first-order chi connectivity index (χ1) is 6.61. The SMILES string of the molecule is C=C/C=C(\C=C/C(=C)S(N)=O)CCN. The Balaban J connectivity index is 4.44. The Morgan fingerprint density at radius 3 is 2.50 bits per heavy atom. The van der Waals surface area contributed by atoms with Gasteiger partial charge in [0, 0.05) is 4.91 Å². The van der Waals surface area contributed by atoms with Crippen molar-refractivity contribution in [1.82, 2.24) is 0 Å². The summed E-state index contributed by atoms with van der Waals surface area (Å²) < 4.78 is 10.7. The molecule has 0 aliphatic heterocycles. The van der Waals surface area contributed by atoms with Gasteiger partial charge < -0.3 is 5.73 Å². The van der Waals surface area contributed by atoms with Gasteiger partial charge in [-0.3, -0.25) is 0 Å². The van der Waals surface area contributed by atoms with Crippen LogP contribution in [0.3, 0.4) is 0 Å². The third-order valence-corrected chi connectivity index (χ3v) is 2.16. The first-order valence-electron chi connectivity index (χ1n) is 4.16. The van der Waals surface area contributed by atoms with E-state index >= 15 is 0 Å². The van der Waals surface area contributed by atoms with Gasteiger partial charge in [-0.05, 0) is 24.6 Å². The van der Waals surface area contributed by atoms with E-state index in [1.54, 1.807) is 18.2 Å². The number of rotatable bonds is 6. The first-order valence-corrected chi connectivity index (χ1v) is 5.38. The highest BCUT2D eigenvalue weighted by molar-refractivity contribution is 7.86. The number of hydrogen-bond acceptors (Lipinski definition) is 2.